The van der Waals surface area contributed by atoms with Crippen molar-refractivity contribution in [1.29, 1.82) is 0 Å². The zero-order valence-electron chi connectivity index (χ0n) is 13.4. The van der Waals surface area contributed by atoms with Gasteiger partial charge in [-0.1, -0.05) is 31.2 Å². The van der Waals surface area contributed by atoms with E-state index in [9.17, 15) is 0 Å². The first-order chi connectivity index (χ1) is 10.3. The molecule has 0 aromatic heterocycles. The van der Waals surface area contributed by atoms with Gasteiger partial charge >= 0.3 is 0 Å². The molecule has 0 saturated heterocycles. The highest BCUT2D eigenvalue weighted by molar-refractivity contribution is 5.49. The maximum Gasteiger partial charge on any atom is 0.0400 e. The molecule has 2 aromatic carbocycles. The van der Waals surface area contributed by atoms with Crippen molar-refractivity contribution in [3.63, 3.8) is 0 Å². The predicted octanol–water partition coefficient (Wildman–Crippen LogP) is 4.71. The zero-order chi connectivity index (χ0) is 15.1. The highest BCUT2D eigenvalue weighted by Crippen LogP contribution is 2.17. The van der Waals surface area contributed by atoms with Gasteiger partial charge in [0.15, 0.2) is 0 Å². The molecule has 2 nitrogen and oxygen atoms in total. The van der Waals surface area contributed by atoms with Gasteiger partial charge in [-0.15, -0.1) is 0 Å². The van der Waals surface area contributed by atoms with Crippen LogP contribution in [0.15, 0.2) is 48.5 Å². The molecule has 21 heavy (non-hydrogen) atoms. The second-order valence-corrected chi connectivity index (χ2v) is 5.25. The normalized spacial score (nSPS) is 10.4. The van der Waals surface area contributed by atoms with Crippen LogP contribution in [-0.2, 0) is 13.0 Å². The van der Waals surface area contributed by atoms with Crippen LogP contribution in [0.4, 0.5) is 11.4 Å². The van der Waals surface area contributed by atoms with Crippen molar-refractivity contribution in [2.45, 2.75) is 33.7 Å². The number of benzene rings is 2. The van der Waals surface area contributed by atoms with E-state index >= 15 is 0 Å². The number of hydrogen-bond donors (Lipinski definition) is 1. The van der Waals surface area contributed by atoms with Crippen LogP contribution in [0.2, 0.25) is 0 Å². The zero-order valence-corrected chi connectivity index (χ0v) is 13.4. The first kappa shape index (κ1) is 15.4. The third-order valence-electron chi connectivity index (χ3n) is 3.90. The van der Waals surface area contributed by atoms with Gasteiger partial charge in [-0.25, -0.2) is 0 Å². The van der Waals surface area contributed by atoms with Gasteiger partial charge in [0, 0.05) is 31.0 Å². The Morgan fingerprint density at radius 3 is 2.19 bits per heavy atom. The van der Waals surface area contributed by atoms with Gasteiger partial charge in [-0.2, -0.15) is 0 Å². The minimum absolute atomic E-state index is 0.867. The summed E-state index contributed by atoms with van der Waals surface area (Å²) in [4.78, 5) is 2.36. The van der Waals surface area contributed by atoms with Crippen molar-refractivity contribution in [1.82, 2.24) is 0 Å². The molecule has 2 heteroatoms. The monoisotopic (exact) mass is 282 g/mol. The molecule has 0 aliphatic carbocycles. The molecule has 0 unspecified atom stereocenters. The summed E-state index contributed by atoms with van der Waals surface area (Å²) in [6.45, 7) is 9.55. The fourth-order valence-electron chi connectivity index (χ4n) is 2.52. The topological polar surface area (TPSA) is 15.3 Å². The first-order valence-corrected chi connectivity index (χ1v) is 7.93. The van der Waals surface area contributed by atoms with Gasteiger partial charge in [0.1, 0.15) is 0 Å². The summed E-state index contributed by atoms with van der Waals surface area (Å²) < 4.78 is 0. The molecule has 0 amide bonds. The molecule has 0 radical (unpaired) electrons. The first-order valence-electron chi connectivity index (χ1n) is 7.93. The lowest BCUT2D eigenvalue weighted by atomic mass is 10.1. The number of anilines is 2. The lowest BCUT2D eigenvalue weighted by Gasteiger charge is -2.21. The van der Waals surface area contributed by atoms with Gasteiger partial charge in [-0.3, -0.25) is 0 Å². The highest BCUT2D eigenvalue weighted by atomic mass is 15.1. The highest BCUT2D eigenvalue weighted by Gasteiger charge is 2.01. The lowest BCUT2D eigenvalue weighted by molar-refractivity contribution is 0.865. The van der Waals surface area contributed by atoms with E-state index in [0.29, 0.717) is 0 Å². The molecule has 0 atom stereocenters. The van der Waals surface area contributed by atoms with E-state index in [0.717, 1.165) is 26.1 Å². The van der Waals surface area contributed by atoms with Crippen LogP contribution in [0, 0.1) is 0 Å². The summed E-state index contributed by atoms with van der Waals surface area (Å²) in [5, 5.41) is 3.50. The van der Waals surface area contributed by atoms with E-state index in [1.54, 1.807) is 0 Å². The Kier molecular flexibility index (Phi) is 5.68. The molecule has 112 valence electrons. The van der Waals surface area contributed by atoms with E-state index in [2.05, 4.69) is 79.5 Å². The SMILES string of the molecule is CCc1cccc(NCc2ccc(N(CC)CC)cc2)c1. The summed E-state index contributed by atoms with van der Waals surface area (Å²) in [5.41, 5.74) is 5.18. The van der Waals surface area contributed by atoms with Crippen molar-refractivity contribution >= 4 is 11.4 Å². The van der Waals surface area contributed by atoms with Crippen LogP contribution in [0.5, 0.6) is 0 Å². The average molecular weight is 282 g/mol. The van der Waals surface area contributed by atoms with Crippen LogP contribution in [0.1, 0.15) is 31.9 Å². The average Bonchev–Trinajstić information content (AvgIpc) is 2.55. The molecule has 0 bridgehead atoms. The fourth-order valence-corrected chi connectivity index (χ4v) is 2.52. The molecule has 0 spiro atoms. The van der Waals surface area contributed by atoms with Gasteiger partial charge in [0.05, 0.1) is 0 Å². The molecule has 0 saturated carbocycles. The Labute approximate surface area is 128 Å². The van der Waals surface area contributed by atoms with E-state index in [4.69, 9.17) is 0 Å². The Hall–Kier alpha value is -1.96. The summed E-state index contributed by atoms with van der Waals surface area (Å²) in [5.74, 6) is 0. The van der Waals surface area contributed by atoms with Gasteiger partial charge in [-0.05, 0) is 55.7 Å². The maximum absolute atomic E-state index is 3.50. The lowest BCUT2D eigenvalue weighted by Crippen LogP contribution is -2.21. The molecule has 0 aliphatic rings. The molecule has 0 heterocycles. The summed E-state index contributed by atoms with van der Waals surface area (Å²) in [7, 11) is 0. The van der Waals surface area contributed by atoms with E-state index in [1.807, 2.05) is 0 Å². The Bertz CT molecular complexity index is 542. The van der Waals surface area contributed by atoms with Crippen molar-refractivity contribution < 1.29 is 0 Å². The second kappa shape index (κ2) is 7.72. The van der Waals surface area contributed by atoms with Gasteiger partial charge in [0.2, 0.25) is 0 Å². The molecular formula is C19H26N2. The van der Waals surface area contributed by atoms with Gasteiger partial charge < -0.3 is 10.2 Å². The number of aryl methyl sites for hydroxylation is 1. The molecular weight excluding hydrogens is 256 g/mol. The smallest absolute Gasteiger partial charge is 0.0400 e. The maximum atomic E-state index is 3.50. The predicted molar refractivity (Wildman–Crippen MR) is 93.1 cm³/mol. The molecule has 2 rings (SSSR count). The number of nitrogens with one attached hydrogen (secondary N) is 1. The Morgan fingerprint density at radius 2 is 1.57 bits per heavy atom. The van der Waals surface area contributed by atoms with Crippen LogP contribution >= 0.6 is 0 Å². The number of nitrogens with zero attached hydrogens (tertiary/aromatic N) is 1. The second-order valence-electron chi connectivity index (χ2n) is 5.25. The van der Waals surface area contributed by atoms with Crippen molar-refractivity contribution in [2.75, 3.05) is 23.3 Å². The summed E-state index contributed by atoms with van der Waals surface area (Å²) in [6, 6.07) is 17.5. The van der Waals surface area contributed by atoms with Crippen LogP contribution in [-0.4, -0.2) is 13.1 Å². The van der Waals surface area contributed by atoms with Crippen molar-refractivity contribution in [3.05, 3.63) is 59.7 Å². The Balaban J connectivity index is 1.97. The molecule has 0 fully saturated rings. The molecule has 0 aliphatic heterocycles. The fraction of sp³-hybridized carbons (Fsp3) is 0.368. The van der Waals surface area contributed by atoms with E-state index < -0.39 is 0 Å². The quantitative estimate of drug-likeness (QED) is 0.791. The van der Waals surface area contributed by atoms with Crippen LogP contribution in [0.3, 0.4) is 0 Å². The Morgan fingerprint density at radius 1 is 0.857 bits per heavy atom. The minimum Gasteiger partial charge on any atom is -0.381 e. The third-order valence-corrected chi connectivity index (χ3v) is 3.90. The summed E-state index contributed by atoms with van der Waals surface area (Å²) in [6.07, 6.45) is 1.08. The largest absolute Gasteiger partial charge is 0.381 e. The number of hydrogen-bond acceptors (Lipinski definition) is 2. The van der Waals surface area contributed by atoms with Crippen LogP contribution < -0.4 is 10.2 Å². The standard InChI is InChI=1S/C19H26N2/c1-4-16-8-7-9-18(14-16)20-15-17-10-12-19(13-11-17)21(5-2)6-3/h7-14,20H,4-6,15H2,1-3H3. The molecule has 2 aromatic rings. The summed E-state index contributed by atoms with van der Waals surface area (Å²) >= 11 is 0. The number of rotatable bonds is 7. The van der Waals surface area contributed by atoms with Crippen LogP contribution in [0.25, 0.3) is 0 Å². The van der Waals surface area contributed by atoms with E-state index in [-0.39, 0.29) is 0 Å². The third kappa shape index (κ3) is 4.25. The van der Waals surface area contributed by atoms with Crippen molar-refractivity contribution in [3.8, 4) is 0 Å². The van der Waals surface area contributed by atoms with Gasteiger partial charge in [0.25, 0.3) is 0 Å². The molecule has 1 N–H and O–H groups in total. The van der Waals surface area contributed by atoms with Crippen molar-refractivity contribution in [2.24, 2.45) is 0 Å². The van der Waals surface area contributed by atoms with E-state index in [1.165, 1.54) is 22.5 Å². The minimum atomic E-state index is 0.867.